The minimum absolute atomic E-state index is 0.213. The molecule has 7 rings (SSSR count). The van der Waals surface area contributed by atoms with E-state index in [0.29, 0.717) is 31.6 Å². The summed E-state index contributed by atoms with van der Waals surface area (Å²) in [6.07, 6.45) is 8.08. The first-order chi connectivity index (χ1) is 21.9. The lowest BCUT2D eigenvalue weighted by atomic mass is 9.73. The van der Waals surface area contributed by atoms with Crippen LogP contribution in [-0.2, 0) is 25.7 Å². The number of amides is 3. The van der Waals surface area contributed by atoms with Crippen LogP contribution in [0.2, 0.25) is 0 Å². The highest BCUT2D eigenvalue weighted by molar-refractivity contribution is 6.04. The number of hydrogen-bond donors (Lipinski definition) is 1. The molecule has 4 heterocycles. The smallest absolute Gasteiger partial charge is 0.249 e. The molecule has 4 aliphatic rings. The van der Waals surface area contributed by atoms with Gasteiger partial charge in [0.05, 0.1) is 30.1 Å². The molecule has 1 unspecified atom stereocenters. The molecule has 2 fully saturated rings. The third-order valence-electron chi connectivity index (χ3n) is 9.94. The van der Waals surface area contributed by atoms with Crippen LogP contribution in [0.25, 0.3) is 0 Å². The minimum Gasteiger partial charge on any atom is -0.394 e. The lowest BCUT2D eigenvalue weighted by molar-refractivity contribution is -0.156. The van der Waals surface area contributed by atoms with Crippen molar-refractivity contribution in [3.63, 3.8) is 0 Å². The number of carbonyl (C=O) groups excluding carboxylic acids is 3. The van der Waals surface area contributed by atoms with Gasteiger partial charge in [0.2, 0.25) is 17.7 Å². The predicted octanol–water partition coefficient (Wildman–Crippen LogP) is 4.28. The van der Waals surface area contributed by atoms with Crippen molar-refractivity contribution in [2.24, 2.45) is 11.8 Å². The lowest BCUT2D eigenvalue weighted by Gasteiger charge is -2.41. The number of fused-ring (bicyclic) bond motifs is 2. The summed E-state index contributed by atoms with van der Waals surface area (Å²) in [6.45, 7) is 2.58. The lowest BCUT2D eigenvalue weighted by Crippen LogP contribution is -2.57. The molecule has 1 spiro atoms. The van der Waals surface area contributed by atoms with Gasteiger partial charge in [0, 0.05) is 25.3 Å². The fourth-order valence-corrected chi connectivity index (χ4v) is 7.90. The number of aliphatic hydroxyl groups excluding tert-OH is 1. The van der Waals surface area contributed by atoms with Crippen LogP contribution in [0.3, 0.4) is 0 Å². The number of hydrogen-bond acceptors (Lipinski definition) is 5. The normalized spacial score (nSPS) is 29.7. The second-order valence-electron chi connectivity index (χ2n) is 12.3. The first-order valence-electron chi connectivity index (χ1n) is 15.7. The SMILES string of the molecule is CC[C@@]12C=CCN(c3ccccc3)C(=O)[C@@H]1[C@H]1C(=O)N([C@H](CO)c3ccccc3)C3C(=O)N(Cc4ccccc4)CC=C[C@@]31O2. The number of aliphatic hydroxyl groups is 1. The van der Waals surface area contributed by atoms with Crippen LogP contribution in [-0.4, -0.2) is 69.6 Å². The zero-order chi connectivity index (χ0) is 31.2. The second-order valence-corrected chi connectivity index (χ2v) is 12.3. The Hall–Kier alpha value is -4.53. The highest BCUT2D eigenvalue weighted by Crippen LogP contribution is 2.60. The summed E-state index contributed by atoms with van der Waals surface area (Å²) < 4.78 is 7.12. The van der Waals surface area contributed by atoms with Crippen LogP contribution in [0.1, 0.15) is 30.5 Å². The van der Waals surface area contributed by atoms with Crippen LogP contribution in [0.5, 0.6) is 0 Å². The van der Waals surface area contributed by atoms with Gasteiger partial charge in [0.15, 0.2) is 0 Å². The zero-order valence-corrected chi connectivity index (χ0v) is 25.2. The topological polar surface area (TPSA) is 90.4 Å². The molecule has 3 aromatic carbocycles. The summed E-state index contributed by atoms with van der Waals surface area (Å²) >= 11 is 0. The largest absolute Gasteiger partial charge is 0.394 e. The van der Waals surface area contributed by atoms with Crippen molar-refractivity contribution in [1.29, 1.82) is 0 Å². The molecule has 6 atom stereocenters. The molecule has 2 saturated heterocycles. The number of nitrogens with zero attached hydrogens (tertiary/aromatic N) is 3. The van der Waals surface area contributed by atoms with Gasteiger partial charge in [-0.1, -0.05) is 110 Å². The number of rotatable bonds is 7. The number of anilines is 1. The summed E-state index contributed by atoms with van der Waals surface area (Å²) in [5.41, 5.74) is -0.103. The summed E-state index contributed by atoms with van der Waals surface area (Å²) in [5.74, 6) is -2.70. The van der Waals surface area contributed by atoms with Crippen LogP contribution in [0, 0.1) is 11.8 Å². The Morgan fingerprint density at radius 2 is 1.44 bits per heavy atom. The minimum atomic E-state index is -1.41. The van der Waals surface area contributed by atoms with E-state index in [9.17, 15) is 19.5 Å². The summed E-state index contributed by atoms with van der Waals surface area (Å²) in [4.78, 5) is 49.5. The van der Waals surface area contributed by atoms with Gasteiger partial charge < -0.3 is 24.5 Å². The molecule has 3 aromatic rings. The van der Waals surface area contributed by atoms with E-state index in [1.165, 1.54) is 4.90 Å². The third kappa shape index (κ3) is 4.54. The van der Waals surface area contributed by atoms with E-state index in [1.807, 2.05) is 122 Å². The Kier molecular flexibility index (Phi) is 7.42. The summed E-state index contributed by atoms with van der Waals surface area (Å²) in [6, 6.07) is 26.5. The highest BCUT2D eigenvalue weighted by atomic mass is 16.5. The maximum absolute atomic E-state index is 15.0. The number of likely N-dealkylation sites (tertiary alicyclic amines) is 1. The predicted molar refractivity (Wildman–Crippen MR) is 170 cm³/mol. The van der Waals surface area contributed by atoms with E-state index in [0.717, 1.165) is 11.3 Å². The average molecular weight is 604 g/mol. The zero-order valence-electron chi connectivity index (χ0n) is 25.2. The molecule has 0 aliphatic carbocycles. The molecule has 0 saturated carbocycles. The molecular formula is C37H37N3O5. The van der Waals surface area contributed by atoms with E-state index in [1.54, 1.807) is 9.80 Å². The van der Waals surface area contributed by atoms with Crippen molar-refractivity contribution in [1.82, 2.24) is 9.80 Å². The quantitative estimate of drug-likeness (QED) is 0.408. The van der Waals surface area contributed by atoms with Crippen molar-refractivity contribution in [2.45, 2.75) is 43.2 Å². The Labute approximate surface area is 263 Å². The molecule has 0 bridgehead atoms. The first-order valence-corrected chi connectivity index (χ1v) is 15.7. The Morgan fingerprint density at radius 3 is 2.11 bits per heavy atom. The van der Waals surface area contributed by atoms with E-state index in [2.05, 4.69) is 0 Å². The molecular weight excluding hydrogens is 566 g/mol. The van der Waals surface area contributed by atoms with E-state index >= 15 is 0 Å². The molecule has 4 aliphatic heterocycles. The van der Waals surface area contributed by atoms with Crippen LogP contribution in [0.15, 0.2) is 115 Å². The number of carbonyl (C=O) groups is 3. The van der Waals surface area contributed by atoms with Crippen molar-refractivity contribution in [3.05, 3.63) is 126 Å². The average Bonchev–Trinajstić information content (AvgIpc) is 3.37. The molecule has 8 heteroatoms. The Morgan fingerprint density at radius 1 is 0.800 bits per heavy atom. The van der Waals surface area contributed by atoms with Crippen LogP contribution >= 0.6 is 0 Å². The maximum Gasteiger partial charge on any atom is 0.249 e. The number of benzene rings is 3. The summed E-state index contributed by atoms with van der Waals surface area (Å²) in [7, 11) is 0. The summed E-state index contributed by atoms with van der Waals surface area (Å²) in [5, 5.41) is 10.8. The first kappa shape index (κ1) is 29.2. The number of para-hydroxylation sites is 1. The standard InChI is InChI=1S/C37H37N3O5/c1-2-36-20-12-23-39(28-18-10-5-11-19-28)33(42)30(36)31-34(43)40(29(25-41)27-16-8-4-9-17-27)32-35(44)38(22-13-21-37(31,32)45-36)24-26-14-6-3-7-15-26/h3-21,29-32,41H,2,22-25H2,1H3/t29-,30+,31+,32?,36-,37+/m1/s1. The van der Waals surface area contributed by atoms with Crippen molar-refractivity contribution in [2.75, 3.05) is 24.6 Å². The van der Waals surface area contributed by atoms with Crippen molar-refractivity contribution < 1.29 is 24.2 Å². The van der Waals surface area contributed by atoms with Gasteiger partial charge in [-0.3, -0.25) is 14.4 Å². The highest BCUT2D eigenvalue weighted by Gasteiger charge is 2.76. The van der Waals surface area contributed by atoms with Gasteiger partial charge in [-0.25, -0.2) is 0 Å². The fourth-order valence-electron chi connectivity index (χ4n) is 7.90. The van der Waals surface area contributed by atoms with Gasteiger partial charge >= 0.3 is 0 Å². The molecule has 230 valence electrons. The van der Waals surface area contributed by atoms with Gasteiger partial charge in [-0.2, -0.15) is 0 Å². The van der Waals surface area contributed by atoms with Gasteiger partial charge in [-0.05, 0) is 29.7 Å². The Bertz CT molecular complexity index is 1640. The van der Waals surface area contributed by atoms with Gasteiger partial charge in [0.25, 0.3) is 0 Å². The fraction of sp³-hybridized carbons (Fsp3) is 0.324. The maximum atomic E-state index is 15.0. The van der Waals surface area contributed by atoms with Crippen LogP contribution in [0.4, 0.5) is 5.69 Å². The van der Waals surface area contributed by atoms with Crippen LogP contribution < -0.4 is 4.90 Å². The second kappa shape index (κ2) is 11.4. The number of ether oxygens (including phenoxy) is 1. The molecule has 45 heavy (non-hydrogen) atoms. The molecule has 3 amide bonds. The molecule has 8 nitrogen and oxygen atoms in total. The molecule has 0 radical (unpaired) electrons. The van der Waals surface area contributed by atoms with Gasteiger partial charge in [-0.15, -0.1) is 0 Å². The third-order valence-corrected chi connectivity index (χ3v) is 9.94. The van der Waals surface area contributed by atoms with Crippen molar-refractivity contribution in [3.8, 4) is 0 Å². The Balaban J connectivity index is 1.38. The molecule has 0 aromatic heterocycles. The van der Waals surface area contributed by atoms with E-state index < -0.39 is 41.7 Å². The van der Waals surface area contributed by atoms with E-state index in [4.69, 9.17) is 4.74 Å². The van der Waals surface area contributed by atoms with Gasteiger partial charge in [0.1, 0.15) is 11.6 Å². The van der Waals surface area contributed by atoms with E-state index in [-0.39, 0.29) is 17.7 Å². The molecule has 1 N–H and O–H groups in total. The van der Waals surface area contributed by atoms with Crippen molar-refractivity contribution >= 4 is 23.4 Å². The monoisotopic (exact) mass is 603 g/mol.